The molecule has 96 heavy (non-hydrogen) atoms. The molecule has 12 aromatic carbocycles. The number of ketones is 2. The predicted octanol–water partition coefficient (Wildman–Crippen LogP) is 10.9. The molecule has 0 radical (unpaired) electrons. The molecule has 464 valence electrons. The molecule has 0 fully saturated rings. The fourth-order valence-corrected chi connectivity index (χ4v) is 14.3. The minimum atomic E-state index is -4.80. The van der Waals surface area contributed by atoms with Crippen molar-refractivity contribution in [1.29, 1.82) is 0 Å². The Hall–Kier alpha value is -8.68. The van der Waals surface area contributed by atoms with Gasteiger partial charge in [-0.25, -0.2) is 8.42 Å². The Morgan fingerprint density at radius 2 is 0.729 bits per heavy atom. The third-order valence-electron chi connectivity index (χ3n) is 17.5. The first-order valence-corrected chi connectivity index (χ1v) is 32.2. The summed E-state index contributed by atoms with van der Waals surface area (Å²) < 4.78 is 63.2. The van der Waals surface area contributed by atoms with E-state index >= 15 is 0 Å². The summed E-state index contributed by atoms with van der Waals surface area (Å²) in [4.78, 5) is 26.0. The predicted molar refractivity (Wildman–Crippen MR) is 359 cm³/mol. The number of methoxy groups -OCH3 is 2. The summed E-state index contributed by atoms with van der Waals surface area (Å²) in [7, 11) is -1.46. The number of benzene rings is 12. The summed E-state index contributed by atoms with van der Waals surface area (Å²) in [6.45, 7) is 3.48. The maximum Gasteiger partial charge on any atom is 1.00 e. The maximum absolute atomic E-state index is 13.4. The Morgan fingerprint density at radius 3 is 1.12 bits per heavy atom. The molecule has 0 spiro atoms. The van der Waals surface area contributed by atoms with Crippen LogP contribution in [0.4, 0.5) is 0 Å². The van der Waals surface area contributed by atoms with Crippen LogP contribution in [0, 0.1) is 13.8 Å². The fourth-order valence-electron chi connectivity index (χ4n) is 13.1. The molecule has 0 aromatic heterocycles. The van der Waals surface area contributed by atoms with Gasteiger partial charge in [-0.2, -0.15) is 4.33 Å². The molecule has 0 aliphatic heterocycles. The molecule has 0 saturated heterocycles. The number of carbonyl (C=O) groups excluding carboxylic acids is 2. The van der Waals surface area contributed by atoms with Crippen molar-refractivity contribution in [3.63, 3.8) is 0 Å². The van der Waals surface area contributed by atoms with Crippen molar-refractivity contribution in [3.05, 3.63) is 357 Å². The van der Waals surface area contributed by atoms with E-state index in [4.69, 9.17) is 18.9 Å². The minimum Gasteiger partial charge on any atom is -0.744 e. The summed E-state index contributed by atoms with van der Waals surface area (Å²) in [6, 6.07) is 90.0. The molecule has 16 heteroatoms. The van der Waals surface area contributed by atoms with Crippen molar-refractivity contribution in [2.75, 3.05) is 14.2 Å². The molecule has 0 N–H and O–H groups in total. The third-order valence-corrected chi connectivity index (χ3v) is 19.1. The van der Waals surface area contributed by atoms with E-state index in [2.05, 4.69) is 119 Å². The number of aryl methyl sites for hydroxylation is 2. The molecule has 0 heterocycles. The minimum absolute atomic E-state index is 0. The Labute approximate surface area is 605 Å². The van der Waals surface area contributed by atoms with Gasteiger partial charge in [0, 0.05) is 22.3 Å². The zero-order valence-corrected chi connectivity index (χ0v) is 58.9. The Bertz CT molecular complexity index is 4840. The van der Waals surface area contributed by atoms with Gasteiger partial charge in [-0.3, -0.25) is 14.6 Å². The van der Waals surface area contributed by atoms with E-state index in [0.29, 0.717) is 34.7 Å². The van der Waals surface area contributed by atoms with Gasteiger partial charge in [-0.05, 0) is 183 Å². The van der Waals surface area contributed by atoms with Crippen LogP contribution in [0.3, 0.4) is 0 Å². The summed E-state index contributed by atoms with van der Waals surface area (Å²) in [5.41, 5.74) is 15.7. The molecule has 12 nitrogen and oxygen atoms in total. The van der Waals surface area contributed by atoms with Gasteiger partial charge in [0.05, 0.1) is 46.9 Å². The van der Waals surface area contributed by atoms with E-state index in [0.717, 1.165) is 67.8 Å². The smallest absolute Gasteiger partial charge is 0.744 e. The topological polar surface area (TPSA) is 170 Å². The van der Waals surface area contributed by atoms with Gasteiger partial charge < -0.3 is 28.8 Å². The summed E-state index contributed by atoms with van der Waals surface area (Å²) >= 11 is 0.543. The largest absolute Gasteiger partial charge is 1.00 e. The summed E-state index contributed by atoms with van der Waals surface area (Å²) in [6.07, 6.45) is 0. The van der Waals surface area contributed by atoms with Gasteiger partial charge in [-0.1, -0.05) is 188 Å². The van der Waals surface area contributed by atoms with Crippen molar-refractivity contribution in [2.45, 2.75) is 34.5 Å². The van der Waals surface area contributed by atoms with Crippen LogP contribution in [0.2, 0.25) is 0 Å². The Balaban J connectivity index is 0.000000194. The summed E-state index contributed by atoms with van der Waals surface area (Å²) in [5, 5.41) is 14.3. The molecule has 0 atom stereocenters. The number of ether oxygens (including phenoxy) is 4. The van der Waals surface area contributed by atoms with Gasteiger partial charge in [0.25, 0.3) is 0 Å². The first-order valence-electron chi connectivity index (χ1n) is 30.1. The molecule has 0 bridgehead atoms. The molecule has 12 aromatic rings. The van der Waals surface area contributed by atoms with Crippen LogP contribution in [0.5, 0.6) is 34.5 Å². The van der Waals surface area contributed by atoms with Crippen LogP contribution in [0.1, 0.15) is 87.5 Å². The number of hydrogen-bond acceptors (Lipinski definition) is 13. The van der Waals surface area contributed by atoms with Gasteiger partial charge in [-0.15, -0.1) is 0 Å². The number of carbonyl (C=O) groups is 2. The fraction of sp³-hybridized carbons (Fsp3) is 0.0750. The normalized spacial score (nSPS) is 12.6. The number of hydrogen-bond donors (Lipinski definition) is 0. The van der Waals surface area contributed by atoms with Crippen molar-refractivity contribution in [2.24, 2.45) is 0 Å². The van der Waals surface area contributed by atoms with E-state index in [1.165, 1.54) is 65.1 Å². The van der Waals surface area contributed by atoms with Crippen LogP contribution < -0.4 is 83.3 Å². The first kappa shape index (κ1) is 68.7. The van der Waals surface area contributed by atoms with Gasteiger partial charge in [0.15, 0.2) is 11.6 Å². The van der Waals surface area contributed by atoms with E-state index in [1.54, 1.807) is 14.2 Å². The average molecular weight is 1320 g/mol. The van der Waals surface area contributed by atoms with E-state index in [-0.39, 0.29) is 92.2 Å². The quantitative estimate of drug-likeness (QED) is 0.0199. The zero-order valence-electron chi connectivity index (χ0n) is 53.3. The van der Waals surface area contributed by atoms with E-state index in [1.807, 2.05) is 140 Å². The SMILES string of the molecule is COc1ccc(C2(c3ccc(Oc4ccc(C(=O)c5ccc(C)c(S(=O)(=O)[O-])c5)cc4SOO[O-])cc3)c3ccccc3-c3ccccc32)cc1.COc1ccc(C2(c3ccc(Oc4ccc(C(=O)c5ccc(C)cc5)cc4)cc3)c3ccccc3-c3ccccc32)cc1.[Na+].[Na+]. The number of rotatable bonds is 18. The van der Waals surface area contributed by atoms with Crippen LogP contribution in [0.25, 0.3) is 22.3 Å². The molecule has 2 aliphatic carbocycles. The van der Waals surface area contributed by atoms with Gasteiger partial charge in [0.2, 0.25) is 0 Å². The zero-order chi connectivity index (χ0) is 65.1. The van der Waals surface area contributed by atoms with Crippen molar-refractivity contribution in [3.8, 4) is 56.8 Å². The maximum atomic E-state index is 13.4. The van der Waals surface area contributed by atoms with Crippen LogP contribution >= 0.6 is 12.0 Å². The van der Waals surface area contributed by atoms with Gasteiger partial charge in [0.1, 0.15) is 44.6 Å². The van der Waals surface area contributed by atoms with Crippen molar-refractivity contribution < 1.29 is 115 Å². The molecule has 14 rings (SSSR count). The van der Waals surface area contributed by atoms with E-state index in [9.17, 15) is 27.8 Å². The molecular weight excluding hydrogens is 1260 g/mol. The average Bonchev–Trinajstić information content (AvgIpc) is 1.54. The van der Waals surface area contributed by atoms with Crippen molar-refractivity contribution in [1.82, 2.24) is 0 Å². The Kier molecular flexibility index (Phi) is 21.0. The van der Waals surface area contributed by atoms with Crippen LogP contribution in [-0.4, -0.2) is 38.8 Å². The molecule has 2 aliphatic rings. The Morgan fingerprint density at radius 1 is 0.396 bits per heavy atom. The van der Waals surface area contributed by atoms with Crippen molar-refractivity contribution >= 4 is 33.7 Å². The van der Waals surface area contributed by atoms with Crippen LogP contribution in [0.15, 0.2) is 289 Å². The molecular formula is C80H58Na2O12S2. The second-order valence-corrected chi connectivity index (χ2v) is 24.8. The van der Waals surface area contributed by atoms with Gasteiger partial charge >= 0.3 is 59.1 Å². The molecule has 0 amide bonds. The monoisotopic (exact) mass is 1320 g/mol. The standard InChI is InChI=1S/C40H30O9S2.C40H30O3.2Na/c1-25-11-12-27(24-38(25)51(43,44)45)39(41)26-13-22-36(37(23-26)50-49-48-42)47-31-20-16-29(17-21-31)40(28-14-18-30(46-2)19-15-28)34-9-5-3-7-32(34)33-8-4-6-10-35(33)40;1-27-11-13-28(14-12-27)39(41)29-15-21-33(22-16-29)43-34-25-19-31(20-26-34)40(30-17-23-32(42-2)24-18-30)37-9-5-3-7-35(37)36-8-4-6-10-38(36)40;;/h3-24,42H,1-2H3,(H,43,44,45);3-26H,1-2H3;;/q;;2*+1/p-2. The third kappa shape index (κ3) is 13.1. The second-order valence-electron chi connectivity index (χ2n) is 22.8. The molecule has 0 unspecified atom stereocenters. The van der Waals surface area contributed by atoms with Crippen LogP contribution in [-0.2, 0) is 30.3 Å². The number of fused-ring (bicyclic) bond motifs is 6. The molecule has 0 saturated carbocycles. The first-order chi connectivity index (χ1) is 45.7. The van der Waals surface area contributed by atoms with E-state index < -0.39 is 31.6 Å². The summed E-state index contributed by atoms with van der Waals surface area (Å²) in [5.74, 6) is 3.15. The second kappa shape index (κ2) is 29.3.